The van der Waals surface area contributed by atoms with Gasteiger partial charge in [0.05, 0.1) is 5.69 Å². The van der Waals surface area contributed by atoms with Crippen molar-refractivity contribution in [3.8, 4) is 0 Å². The van der Waals surface area contributed by atoms with Crippen LogP contribution in [0.1, 0.15) is 42.6 Å². The number of nitrogens with zero attached hydrogens (tertiary/aromatic N) is 1. The molecule has 0 radical (unpaired) electrons. The van der Waals surface area contributed by atoms with E-state index in [-0.39, 0.29) is 11.4 Å². The molecule has 0 fully saturated rings. The van der Waals surface area contributed by atoms with E-state index in [4.69, 9.17) is 0 Å². The van der Waals surface area contributed by atoms with Crippen molar-refractivity contribution in [3.63, 3.8) is 0 Å². The number of pyridine rings is 1. The number of benzene rings is 1. The second-order valence-corrected chi connectivity index (χ2v) is 6.29. The number of aromatic nitrogens is 1. The van der Waals surface area contributed by atoms with Crippen LogP contribution >= 0.6 is 0 Å². The molecule has 0 bridgehead atoms. The van der Waals surface area contributed by atoms with Crippen LogP contribution in [0.15, 0.2) is 48.2 Å². The standard InChI is InChI=1S/C20H21F2N3O/c21-15-6-7-18(17(22)12-15)25-20(26)19-13-16(9-11-24-19)23-10-8-14-4-2-1-3-5-14/h4,6-7,9,11-13H,1-3,5,8,10H2,(H,23,24)(H,25,26). The highest BCUT2D eigenvalue weighted by molar-refractivity contribution is 6.03. The van der Waals surface area contributed by atoms with E-state index >= 15 is 0 Å². The van der Waals surface area contributed by atoms with Gasteiger partial charge < -0.3 is 10.6 Å². The van der Waals surface area contributed by atoms with Crippen molar-refractivity contribution in [2.75, 3.05) is 17.2 Å². The van der Waals surface area contributed by atoms with Crippen molar-refractivity contribution < 1.29 is 13.6 Å². The van der Waals surface area contributed by atoms with Crippen LogP contribution in [-0.2, 0) is 0 Å². The number of allylic oxidation sites excluding steroid dienone is 1. The van der Waals surface area contributed by atoms with Gasteiger partial charge in [-0.05, 0) is 56.4 Å². The number of carbonyl (C=O) groups excluding carboxylic acids is 1. The molecule has 0 saturated heterocycles. The Morgan fingerprint density at radius 1 is 1.15 bits per heavy atom. The van der Waals surface area contributed by atoms with Crippen molar-refractivity contribution in [3.05, 3.63) is 65.5 Å². The Morgan fingerprint density at radius 2 is 2.04 bits per heavy atom. The zero-order valence-electron chi connectivity index (χ0n) is 14.4. The highest BCUT2D eigenvalue weighted by Gasteiger charge is 2.12. The number of halogens is 2. The largest absolute Gasteiger partial charge is 0.385 e. The Labute approximate surface area is 151 Å². The number of hydrogen-bond donors (Lipinski definition) is 2. The summed E-state index contributed by atoms with van der Waals surface area (Å²) in [6.07, 6.45) is 9.67. The Bertz CT molecular complexity index is 820. The van der Waals surface area contributed by atoms with Gasteiger partial charge in [0.2, 0.25) is 0 Å². The molecule has 26 heavy (non-hydrogen) atoms. The summed E-state index contributed by atoms with van der Waals surface area (Å²) in [5.74, 6) is -2.07. The maximum absolute atomic E-state index is 13.7. The highest BCUT2D eigenvalue weighted by Crippen LogP contribution is 2.20. The third-order valence-corrected chi connectivity index (χ3v) is 4.33. The molecule has 136 valence electrons. The van der Waals surface area contributed by atoms with Gasteiger partial charge in [0, 0.05) is 24.5 Å². The number of amides is 1. The first-order valence-corrected chi connectivity index (χ1v) is 8.76. The Morgan fingerprint density at radius 3 is 2.81 bits per heavy atom. The van der Waals surface area contributed by atoms with Gasteiger partial charge in [0.15, 0.2) is 0 Å². The van der Waals surface area contributed by atoms with Crippen LogP contribution in [0, 0.1) is 11.6 Å². The Hall–Kier alpha value is -2.76. The molecule has 1 aromatic carbocycles. The van der Waals surface area contributed by atoms with Crippen molar-refractivity contribution >= 4 is 17.3 Å². The predicted molar refractivity (Wildman–Crippen MR) is 98.2 cm³/mol. The number of carbonyl (C=O) groups is 1. The molecule has 1 aliphatic rings. The number of rotatable bonds is 6. The van der Waals surface area contributed by atoms with Gasteiger partial charge in [0.1, 0.15) is 17.3 Å². The fraction of sp³-hybridized carbons (Fsp3) is 0.300. The van der Waals surface area contributed by atoms with E-state index < -0.39 is 17.5 Å². The maximum atomic E-state index is 13.7. The molecular weight excluding hydrogens is 336 g/mol. The molecule has 1 amide bonds. The van der Waals surface area contributed by atoms with Crippen LogP contribution in [0.25, 0.3) is 0 Å². The van der Waals surface area contributed by atoms with E-state index in [9.17, 15) is 13.6 Å². The Kier molecular flexibility index (Phi) is 5.94. The number of hydrogen-bond acceptors (Lipinski definition) is 3. The fourth-order valence-corrected chi connectivity index (χ4v) is 2.94. The first kappa shape index (κ1) is 18.0. The molecule has 2 N–H and O–H groups in total. The molecule has 1 heterocycles. The predicted octanol–water partition coefficient (Wildman–Crippen LogP) is 4.91. The molecule has 6 heteroatoms. The quantitative estimate of drug-likeness (QED) is 0.722. The van der Waals surface area contributed by atoms with Crippen LogP contribution in [0.4, 0.5) is 20.2 Å². The molecule has 4 nitrogen and oxygen atoms in total. The van der Waals surface area contributed by atoms with Crippen LogP contribution in [0.2, 0.25) is 0 Å². The summed E-state index contributed by atoms with van der Waals surface area (Å²) in [7, 11) is 0. The van der Waals surface area contributed by atoms with Gasteiger partial charge in [-0.1, -0.05) is 11.6 Å². The molecule has 3 rings (SSSR count). The summed E-state index contributed by atoms with van der Waals surface area (Å²) < 4.78 is 26.6. The summed E-state index contributed by atoms with van der Waals surface area (Å²) >= 11 is 0. The zero-order chi connectivity index (χ0) is 18.4. The lowest BCUT2D eigenvalue weighted by atomic mass is 9.97. The number of nitrogens with one attached hydrogen (secondary N) is 2. The van der Waals surface area contributed by atoms with Gasteiger partial charge in [-0.3, -0.25) is 9.78 Å². The van der Waals surface area contributed by atoms with E-state index in [0.717, 1.165) is 43.6 Å². The SMILES string of the molecule is O=C(Nc1ccc(F)cc1F)c1cc(NCCC2=CCCCC2)ccn1. The van der Waals surface area contributed by atoms with E-state index in [1.807, 2.05) is 0 Å². The van der Waals surface area contributed by atoms with Crippen LogP contribution < -0.4 is 10.6 Å². The van der Waals surface area contributed by atoms with E-state index in [2.05, 4.69) is 21.7 Å². The lowest BCUT2D eigenvalue weighted by molar-refractivity contribution is 0.102. The summed E-state index contributed by atoms with van der Waals surface area (Å²) in [6, 6.07) is 6.39. The number of anilines is 2. The second kappa shape index (κ2) is 8.56. The van der Waals surface area contributed by atoms with Crippen molar-refractivity contribution in [2.45, 2.75) is 32.1 Å². The molecule has 0 saturated carbocycles. The summed E-state index contributed by atoms with van der Waals surface area (Å²) in [6.45, 7) is 0.781. The van der Waals surface area contributed by atoms with E-state index in [0.29, 0.717) is 0 Å². The van der Waals surface area contributed by atoms with Crippen LogP contribution in [0.3, 0.4) is 0 Å². The van der Waals surface area contributed by atoms with Crippen LogP contribution in [0.5, 0.6) is 0 Å². The minimum Gasteiger partial charge on any atom is -0.385 e. The zero-order valence-corrected chi connectivity index (χ0v) is 14.4. The van der Waals surface area contributed by atoms with Gasteiger partial charge >= 0.3 is 0 Å². The Balaban J connectivity index is 1.59. The minimum atomic E-state index is -0.826. The van der Waals surface area contributed by atoms with Crippen molar-refractivity contribution in [1.29, 1.82) is 0 Å². The topological polar surface area (TPSA) is 54.0 Å². The lowest BCUT2D eigenvalue weighted by Gasteiger charge is -2.13. The first-order chi connectivity index (χ1) is 12.6. The maximum Gasteiger partial charge on any atom is 0.274 e. The normalized spacial score (nSPS) is 13.8. The van der Waals surface area contributed by atoms with Gasteiger partial charge in [-0.25, -0.2) is 8.78 Å². The molecule has 1 aromatic heterocycles. The van der Waals surface area contributed by atoms with Crippen molar-refractivity contribution in [2.24, 2.45) is 0 Å². The molecule has 0 atom stereocenters. The first-order valence-electron chi connectivity index (χ1n) is 8.76. The summed E-state index contributed by atoms with van der Waals surface area (Å²) in [5, 5.41) is 5.69. The average Bonchev–Trinajstić information content (AvgIpc) is 2.65. The third kappa shape index (κ3) is 4.88. The average molecular weight is 357 g/mol. The van der Waals surface area contributed by atoms with Gasteiger partial charge in [-0.2, -0.15) is 0 Å². The molecule has 2 aromatic rings. The van der Waals surface area contributed by atoms with Gasteiger partial charge in [0.25, 0.3) is 5.91 Å². The monoisotopic (exact) mass is 357 g/mol. The minimum absolute atomic E-state index is 0.0826. The van der Waals surface area contributed by atoms with Gasteiger partial charge in [-0.15, -0.1) is 0 Å². The smallest absolute Gasteiger partial charge is 0.274 e. The third-order valence-electron chi connectivity index (χ3n) is 4.33. The second-order valence-electron chi connectivity index (χ2n) is 6.29. The molecular formula is C20H21F2N3O. The molecule has 0 unspecified atom stereocenters. The molecule has 0 spiro atoms. The summed E-state index contributed by atoms with van der Waals surface area (Å²) in [5.41, 5.74) is 2.33. The van der Waals surface area contributed by atoms with Crippen LogP contribution in [-0.4, -0.2) is 17.4 Å². The van der Waals surface area contributed by atoms with Crippen molar-refractivity contribution in [1.82, 2.24) is 4.98 Å². The summed E-state index contributed by atoms with van der Waals surface area (Å²) in [4.78, 5) is 16.3. The van der Waals surface area contributed by atoms with E-state index in [1.54, 1.807) is 12.1 Å². The van der Waals surface area contributed by atoms with E-state index in [1.165, 1.54) is 30.7 Å². The molecule has 0 aliphatic heterocycles. The fourth-order valence-electron chi connectivity index (χ4n) is 2.94. The highest BCUT2D eigenvalue weighted by atomic mass is 19.1. The lowest BCUT2D eigenvalue weighted by Crippen LogP contribution is -2.15. The molecule has 1 aliphatic carbocycles.